The molecule has 0 amide bonds. The average Bonchev–Trinajstić information content (AvgIpc) is 2.84. The van der Waals surface area contributed by atoms with Gasteiger partial charge >= 0.3 is 0 Å². The fourth-order valence-corrected chi connectivity index (χ4v) is 3.51. The molecular formula is C13H22N2S. The first kappa shape index (κ1) is 12.1. The molecule has 1 aromatic heterocycles. The second-order valence-corrected chi connectivity index (χ2v) is 6.10. The summed E-state index contributed by atoms with van der Waals surface area (Å²) < 4.78 is 0. The minimum atomic E-state index is 0.461. The third kappa shape index (κ3) is 2.83. The van der Waals surface area contributed by atoms with Crippen molar-refractivity contribution in [2.24, 2.45) is 11.8 Å². The summed E-state index contributed by atoms with van der Waals surface area (Å²) in [6.45, 7) is 7.89. The predicted octanol–water partition coefficient (Wildman–Crippen LogP) is 3.54. The van der Waals surface area contributed by atoms with E-state index in [9.17, 15) is 0 Å². The van der Waals surface area contributed by atoms with E-state index in [4.69, 9.17) is 0 Å². The van der Waals surface area contributed by atoms with E-state index >= 15 is 0 Å². The molecule has 0 saturated heterocycles. The molecular weight excluding hydrogens is 216 g/mol. The Kier molecular flexibility index (Phi) is 3.98. The van der Waals surface area contributed by atoms with Crippen LogP contribution in [0, 0.1) is 18.8 Å². The Morgan fingerprint density at radius 2 is 2.38 bits per heavy atom. The fourth-order valence-electron chi connectivity index (χ4n) is 2.67. The van der Waals surface area contributed by atoms with E-state index in [0.29, 0.717) is 6.04 Å². The molecule has 0 aromatic carbocycles. The van der Waals surface area contributed by atoms with Gasteiger partial charge in [-0.25, -0.2) is 4.98 Å². The number of hydrogen-bond acceptors (Lipinski definition) is 3. The highest BCUT2D eigenvalue weighted by atomic mass is 32.1. The first-order valence-corrected chi connectivity index (χ1v) is 7.18. The number of aryl methyl sites for hydroxylation is 1. The lowest BCUT2D eigenvalue weighted by Crippen LogP contribution is -2.24. The first-order chi connectivity index (χ1) is 7.66. The number of rotatable bonds is 4. The van der Waals surface area contributed by atoms with Gasteiger partial charge in [-0.1, -0.05) is 13.3 Å². The molecule has 0 aliphatic heterocycles. The van der Waals surface area contributed by atoms with Crippen molar-refractivity contribution in [2.75, 3.05) is 6.54 Å². The Bertz CT molecular complexity index is 334. The normalized spacial score (nSPS) is 27.2. The van der Waals surface area contributed by atoms with Gasteiger partial charge in [0.2, 0.25) is 0 Å². The lowest BCUT2D eigenvalue weighted by molar-refractivity contribution is 0.442. The summed E-state index contributed by atoms with van der Waals surface area (Å²) in [6.07, 6.45) is 4.23. The molecule has 1 saturated carbocycles. The maximum Gasteiger partial charge on any atom is 0.0798 e. The van der Waals surface area contributed by atoms with Gasteiger partial charge in [0.25, 0.3) is 0 Å². The van der Waals surface area contributed by atoms with Gasteiger partial charge < -0.3 is 5.32 Å². The molecule has 3 unspecified atom stereocenters. The van der Waals surface area contributed by atoms with E-state index in [1.165, 1.54) is 36.4 Å². The molecule has 0 spiro atoms. The van der Waals surface area contributed by atoms with E-state index in [1.54, 1.807) is 11.3 Å². The molecule has 1 aliphatic rings. The van der Waals surface area contributed by atoms with Gasteiger partial charge in [0.1, 0.15) is 0 Å². The zero-order valence-electron chi connectivity index (χ0n) is 10.5. The molecule has 90 valence electrons. The molecule has 3 heteroatoms. The van der Waals surface area contributed by atoms with Crippen LogP contribution in [0.3, 0.4) is 0 Å². The highest BCUT2D eigenvalue weighted by molar-refractivity contribution is 7.09. The number of nitrogens with one attached hydrogen (secondary N) is 1. The lowest BCUT2D eigenvalue weighted by Gasteiger charge is -2.16. The van der Waals surface area contributed by atoms with Crippen LogP contribution in [0.15, 0.2) is 5.51 Å². The fraction of sp³-hybridized carbons (Fsp3) is 0.769. The molecule has 1 heterocycles. The van der Waals surface area contributed by atoms with Crippen molar-refractivity contribution in [1.82, 2.24) is 10.3 Å². The molecule has 1 aliphatic carbocycles. The van der Waals surface area contributed by atoms with Crippen molar-refractivity contribution >= 4 is 11.3 Å². The Morgan fingerprint density at radius 3 is 2.94 bits per heavy atom. The van der Waals surface area contributed by atoms with E-state index in [-0.39, 0.29) is 0 Å². The number of thiazole rings is 1. The smallest absolute Gasteiger partial charge is 0.0798 e. The Hall–Kier alpha value is -0.410. The van der Waals surface area contributed by atoms with Crippen molar-refractivity contribution in [3.8, 4) is 0 Å². The molecule has 3 atom stereocenters. The van der Waals surface area contributed by atoms with Crippen LogP contribution < -0.4 is 5.32 Å². The first-order valence-electron chi connectivity index (χ1n) is 6.30. The third-order valence-electron chi connectivity index (χ3n) is 3.69. The number of aromatic nitrogens is 1. The van der Waals surface area contributed by atoms with Crippen molar-refractivity contribution in [2.45, 2.75) is 46.1 Å². The van der Waals surface area contributed by atoms with Gasteiger partial charge in [-0.05, 0) is 45.1 Å². The maximum absolute atomic E-state index is 4.31. The monoisotopic (exact) mass is 238 g/mol. The van der Waals surface area contributed by atoms with Gasteiger partial charge in [-0.2, -0.15) is 0 Å². The van der Waals surface area contributed by atoms with E-state index in [2.05, 4.69) is 31.1 Å². The van der Waals surface area contributed by atoms with Gasteiger partial charge in [0, 0.05) is 10.9 Å². The highest BCUT2D eigenvalue weighted by Gasteiger charge is 2.21. The summed E-state index contributed by atoms with van der Waals surface area (Å²) in [7, 11) is 0. The molecule has 1 aromatic rings. The van der Waals surface area contributed by atoms with Crippen molar-refractivity contribution in [1.29, 1.82) is 0 Å². The van der Waals surface area contributed by atoms with Crippen molar-refractivity contribution in [3.63, 3.8) is 0 Å². The van der Waals surface area contributed by atoms with Crippen LogP contribution >= 0.6 is 11.3 Å². The minimum Gasteiger partial charge on any atom is -0.309 e. The van der Waals surface area contributed by atoms with E-state index < -0.39 is 0 Å². The summed E-state index contributed by atoms with van der Waals surface area (Å²) in [5.41, 5.74) is 3.13. The zero-order valence-corrected chi connectivity index (χ0v) is 11.3. The van der Waals surface area contributed by atoms with E-state index in [1.807, 2.05) is 5.51 Å². The third-order valence-corrected chi connectivity index (χ3v) is 4.81. The molecule has 0 radical (unpaired) electrons. The Balaban J connectivity index is 1.80. The standard InChI is InChI=1S/C13H22N2S/c1-9-4-5-12(6-9)7-14-10(2)13-11(3)15-8-16-13/h8-10,12,14H,4-7H2,1-3H3. The number of hydrogen-bond donors (Lipinski definition) is 1. The van der Waals surface area contributed by atoms with Crippen LogP contribution in [0.25, 0.3) is 0 Å². The SMILES string of the molecule is Cc1ncsc1C(C)NCC1CCC(C)C1. The quantitative estimate of drug-likeness (QED) is 0.868. The average molecular weight is 238 g/mol. The second kappa shape index (κ2) is 5.28. The summed E-state index contributed by atoms with van der Waals surface area (Å²) in [6, 6.07) is 0.461. The summed E-state index contributed by atoms with van der Waals surface area (Å²) in [5.74, 6) is 1.83. The second-order valence-electron chi connectivity index (χ2n) is 5.22. The van der Waals surface area contributed by atoms with Crippen LogP contribution in [0.5, 0.6) is 0 Å². The van der Waals surface area contributed by atoms with Crippen molar-refractivity contribution < 1.29 is 0 Å². The molecule has 2 rings (SSSR count). The largest absolute Gasteiger partial charge is 0.309 e. The summed E-state index contributed by atoms with van der Waals surface area (Å²) in [5, 5.41) is 3.66. The zero-order chi connectivity index (χ0) is 11.5. The van der Waals surface area contributed by atoms with Crippen LogP contribution in [0.2, 0.25) is 0 Å². The van der Waals surface area contributed by atoms with Crippen LogP contribution in [-0.4, -0.2) is 11.5 Å². The van der Waals surface area contributed by atoms with E-state index in [0.717, 1.165) is 11.8 Å². The van der Waals surface area contributed by atoms with Crippen LogP contribution in [0.1, 0.15) is 49.7 Å². The summed E-state index contributed by atoms with van der Waals surface area (Å²) >= 11 is 1.77. The Labute approximate surface area is 102 Å². The topological polar surface area (TPSA) is 24.9 Å². The molecule has 0 bridgehead atoms. The maximum atomic E-state index is 4.31. The van der Waals surface area contributed by atoms with Gasteiger partial charge in [0.15, 0.2) is 0 Å². The highest BCUT2D eigenvalue weighted by Crippen LogP contribution is 2.30. The lowest BCUT2D eigenvalue weighted by atomic mass is 10.1. The van der Waals surface area contributed by atoms with Crippen LogP contribution in [-0.2, 0) is 0 Å². The molecule has 1 fully saturated rings. The molecule has 16 heavy (non-hydrogen) atoms. The number of nitrogens with zero attached hydrogens (tertiary/aromatic N) is 1. The molecule has 1 N–H and O–H groups in total. The Morgan fingerprint density at radius 1 is 1.56 bits per heavy atom. The van der Waals surface area contributed by atoms with Crippen LogP contribution in [0.4, 0.5) is 0 Å². The van der Waals surface area contributed by atoms with Gasteiger partial charge in [0.05, 0.1) is 11.2 Å². The van der Waals surface area contributed by atoms with Gasteiger partial charge in [-0.15, -0.1) is 11.3 Å². The molecule has 2 nitrogen and oxygen atoms in total. The van der Waals surface area contributed by atoms with Gasteiger partial charge in [-0.3, -0.25) is 0 Å². The van der Waals surface area contributed by atoms with Crippen molar-refractivity contribution in [3.05, 3.63) is 16.1 Å². The minimum absolute atomic E-state index is 0.461. The summed E-state index contributed by atoms with van der Waals surface area (Å²) in [4.78, 5) is 5.70. The predicted molar refractivity (Wildman–Crippen MR) is 69.8 cm³/mol.